The van der Waals surface area contributed by atoms with Crippen LogP contribution in [0.3, 0.4) is 0 Å². The second kappa shape index (κ2) is 23.3. The van der Waals surface area contributed by atoms with Crippen molar-refractivity contribution in [1.29, 1.82) is 0 Å². The third kappa shape index (κ3) is 12.3. The van der Waals surface area contributed by atoms with Crippen molar-refractivity contribution in [3.05, 3.63) is 117 Å². The second-order valence-corrected chi connectivity index (χ2v) is 17.5. The monoisotopic (exact) mass is 948 g/mol. The van der Waals surface area contributed by atoms with E-state index in [4.69, 9.17) is 23.7 Å². The van der Waals surface area contributed by atoms with Crippen LogP contribution >= 0.6 is 0 Å². The van der Waals surface area contributed by atoms with Crippen molar-refractivity contribution in [1.82, 2.24) is 24.9 Å². The van der Waals surface area contributed by atoms with E-state index < -0.39 is 29.7 Å². The van der Waals surface area contributed by atoms with E-state index in [9.17, 15) is 34.2 Å². The van der Waals surface area contributed by atoms with Gasteiger partial charge in [-0.3, -0.25) is 44.0 Å². The van der Waals surface area contributed by atoms with Crippen LogP contribution < -0.4 is 15.4 Å². The SMILES string of the molecule is Cc1c(O)cc(O)c(C(=O)N2Cc3ccc(CN4CCN(CCOCCOCCOCCOCCNc5ccc6c(c5)C(=O)N(C5CCC(=O)NC5=O)C6=O)CC4)cc3C2)c1OCc1ccccc1. The van der Waals surface area contributed by atoms with Gasteiger partial charge in [-0.15, -0.1) is 0 Å². The molecule has 5 amide bonds. The number of hydrogen-bond acceptors (Lipinski definition) is 15. The fraction of sp³-hybridized carbons (Fsp3) is 0.431. The van der Waals surface area contributed by atoms with E-state index >= 15 is 0 Å². The van der Waals surface area contributed by atoms with Gasteiger partial charge in [0.2, 0.25) is 11.8 Å². The Labute approximate surface area is 401 Å². The van der Waals surface area contributed by atoms with Crippen molar-refractivity contribution in [2.24, 2.45) is 0 Å². The Balaban J connectivity index is 0.638. The van der Waals surface area contributed by atoms with Gasteiger partial charge in [0.1, 0.15) is 35.5 Å². The van der Waals surface area contributed by atoms with E-state index in [0.29, 0.717) is 83.7 Å². The Kier molecular flexibility index (Phi) is 16.5. The van der Waals surface area contributed by atoms with Gasteiger partial charge in [-0.05, 0) is 53.8 Å². The Hall–Kier alpha value is -6.41. The van der Waals surface area contributed by atoms with Gasteiger partial charge in [0.15, 0.2) is 0 Å². The lowest BCUT2D eigenvalue weighted by Gasteiger charge is -2.34. The number of nitrogens with zero attached hydrogens (tertiary/aromatic N) is 4. The minimum absolute atomic E-state index is 0.0544. The highest BCUT2D eigenvalue weighted by Crippen LogP contribution is 2.40. The molecule has 1 unspecified atom stereocenters. The van der Waals surface area contributed by atoms with Crippen LogP contribution in [-0.2, 0) is 54.8 Å². The van der Waals surface area contributed by atoms with Crippen molar-refractivity contribution < 1.29 is 57.9 Å². The molecule has 18 heteroatoms. The highest BCUT2D eigenvalue weighted by molar-refractivity contribution is 6.23. The number of piperidine rings is 1. The quantitative estimate of drug-likeness (QED) is 0.0616. The van der Waals surface area contributed by atoms with Gasteiger partial charge >= 0.3 is 0 Å². The summed E-state index contributed by atoms with van der Waals surface area (Å²) in [6.07, 6.45) is 0.177. The van der Waals surface area contributed by atoms with E-state index in [-0.39, 0.29) is 59.3 Å². The Morgan fingerprint density at radius 2 is 1.38 bits per heavy atom. The predicted molar refractivity (Wildman–Crippen MR) is 252 cm³/mol. The number of hydrogen-bond donors (Lipinski definition) is 4. The molecule has 0 spiro atoms. The minimum Gasteiger partial charge on any atom is -0.507 e. The van der Waals surface area contributed by atoms with Crippen molar-refractivity contribution >= 4 is 35.2 Å². The summed E-state index contributed by atoms with van der Waals surface area (Å²) in [5.74, 6) is -2.75. The maximum Gasteiger partial charge on any atom is 0.262 e. The van der Waals surface area contributed by atoms with Crippen LogP contribution in [0.1, 0.15) is 71.7 Å². The molecular formula is C51H60N6O12. The van der Waals surface area contributed by atoms with E-state index in [1.54, 1.807) is 30.0 Å². The number of phenolic OH excluding ortho intramolecular Hbond substituents is 2. The maximum atomic E-state index is 13.9. The summed E-state index contributed by atoms with van der Waals surface area (Å²) in [5, 5.41) is 26.7. The van der Waals surface area contributed by atoms with Crippen LogP contribution in [0.2, 0.25) is 0 Å². The number of piperazine rings is 1. The van der Waals surface area contributed by atoms with Gasteiger partial charge in [0.05, 0.1) is 64.0 Å². The molecule has 0 aromatic heterocycles. The molecule has 4 aromatic rings. The van der Waals surface area contributed by atoms with Crippen LogP contribution in [0.4, 0.5) is 5.69 Å². The first kappa shape index (κ1) is 49.0. The Morgan fingerprint density at radius 3 is 2.10 bits per heavy atom. The van der Waals surface area contributed by atoms with Crippen LogP contribution in [0.25, 0.3) is 0 Å². The van der Waals surface area contributed by atoms with E-state index in [1.807, 2.05) is 30.3 Å². The third-order valence-corrected chi connectivity index (χ3v) is 12.8. The zero-order valence-electron chi connectivity index (χ0n) is 38.9. The number of aromatic hydroxyl groups is 2. The molecule has 18 nitrogen and oxygen atoms in total. The van der Waals surface area contributed by atoms with Gasteiger partial charge in [0.25, 0.3) is 17.7 Å². The molecular weight excluding hydrogens is 889 g/mol. The van der Waals surface area contributed by atoms with Gasteiger partial charge in [-0.25, -0.2) is 0 Å². The van der Waals surface area contributed by atoms with Crippen LogP contribution in [0.15, 0.2) is 72.8 Å². The molecule has 0 radical (unpaired) electrons. The van der Waals surface area contributed by atoms with E-state index in [0.717, 1.165) is 60.9 Å². The van der Waals surface area contributed by atoms with Crippen molar-refractivity contribution in [2.45, 2.75) is 52.0 Å². The second-order valence-electron chi connectivity index (χ2n) is 17.5. The summed E-state index contributed by atoms with van der Waals surface area (Å²) in [5.41, 5.74) is 5.80. The summed E-state index contributed by atoms with van der Waals surface area (Å²) in [6, 6.07) is 21.0. The molecule has 4 aromatic carbocycles. The number of anilines is 1. The first-order chi connectivity index (χ1) is 33.5. The largest absolute Gasteiger partial charge is 0.507 e. The Morgan fingerprint density at radius 1 is 0.710 bits per heavy atom. The maximum absolute atomic E-state index is 13.9. The molecule has 4 aliphatic rings. The van der Waals surface area contributed by atoms with Crippen molar-refractivity contribution in [3.63, 3.8) is 0 Å². The molecule has 4 heterocycles. The summed E-state index contributed by atoms with van der Waals surface area (Å²) >= 11 is 0. The normalized spacial score (nSPS) is 17.3. The first-order valence-corrected chi connectivity index (χ1v) is 23.5. The van der Waals surface area contributed by atoms with Gasteiger partial charge in [-0.1, -0.05) is 48.5 Å². The molecule has 4 N–H and O–H groups in total. The third-order valence-electron chi connectivity index (χ3n) is 12.8. The number of imide groups is 2. The van der Waals surface area contributed by atoms with Gasteiger partial charge in [-0.2, -0.15) is 0 Å². The number of amides is 5. The zero-order chi connectivity index (χ0) is 48.3. The molecule has 8 rings (SSSR count). The number of carbonyl (C=O) groups is 5. The first-order valence-electron chi connectivity index (χ1n) is 23.5. The minimum atomic E-state index is -1.00. The smallest absolute Gasteiger partial charge is 0.262 e. The molecule has 366 valence electrons. The Bertz CT molecular complexity index is 2500. The number of phenols is 2. The summed E-state index contributed by atoms with van der Waals surface area (Å²) in [7, 11) is 0. The average molecular weight is 949 g/mol. The number of rotatable bonds is 23. The standard InChI is InChI=1S/C51H60N6O12/c1-34-43(58)29-44(59)46(47(34)69-33-35-5-3-2-4-6-35)51(64)56-31-37-8-7-36(27-38(37)32-56)30-55-16-14-54(15-17-55)18-20-66-22-24-68-26-25-67-23-21-65-19-13-52-39-9-10-40-41(28-39)50(63)57(49(40)62)42-11-12-45(60)53-48(42)61/h2-10,27-29,42,52,58-59H,11-26,30-33H2,1H3,(H,53,60,61). The molecule has 0 bridgehead atoms. The molecule has 1 atom stereocenters. The van der Waals surface area contributed by atoms with Crippen LogP contribution in [0, 0.1) is 6.92 Å². The summed E-state index contributed by atoms with van der Waals surface area (Å²) in [4.78, 5) is 71.2. The van der Waals surface area contributed by atoms with E-state index in [2.05, 4.69) is 38.6 Å². The molecule has 0 saturated carbocycles. The molecule has 0 aliphatic carbocycles. The van der Waals surface area contributed by atoms with Gasteiger partial charge in [0, 0.05) is 82.6 Å². The van der Waals surface area contributed by atoms with Gasteiger partial charge < -0.3 is 44.1 Å². The molecule has 69 heavy (non-hydrogen) atoms. The van der Waals surface area contributed by atoms with Crippen LogP contribution in [0.5, 0.6) is 17.2 Å². The lowest BCUT2D eigenvalue weighted by molar-refractivity contribution is -0.136. The van der Waals surface area contributed by atoms with Crippen molar-refractivity contribution in [3.8, 4) is 17.2 Å². The van der Waals surface area contributed by atoms with Crippen molar-refractivity contribution in [2.75, 3.05) is 97.4 Å². The zero-order valence-corrected chi connectivity index (χ0v) is 38.9. The predicted octanol–water partition coefficient (Wildman–Crippen LogP) is 3.84. The number of benzene rings is 4. The molecule has 2 fully saturated rings. The highest BCUT2D eigenvalue weighted by Gasteiger charge is 2.44. The number of ether oxygens (including phenoxy) is 5. The van der Waals surface area contributed by atoms with Crippen LogP contribution in [-0.4, -0.2) is 158 Å². The topological polar surface area (TPSA) is 209 Å². The lowest BCUT2D eigenvalue weighted by atomic mass is 10.0. The summed E-state index contributed by atoms with van der Waals surface area (Å²) < 4.78 is 28.8. The fourth-order valence-corrected chi connectivity index (χ4v) is 8.93. The molecule has 2 saturated heterocycles. The number of fused-ring (bicyclic) bond motifs is 2. The molecule has 4 aliphatic heterocycles. The summed E-state index contributed by atoms with van der Waals surface area (Å²) in [6.45, 7) is 12.3. The number of nitrogens with one attached hydrogen (secondary N) is 2. The number of carbonyl (C=O) groups excluding carboxylic acids is 5. The average Bonchev–Trinajstić information content (AvgIpc) is 3.88. The van der Waals surface area contributed by atoms with E-state index in [1.165, 1.54) is 11.6 Å². The fourth-order valence-electron chi connectivity index (χ4n) is 8.93. The highest BCUT2D eigenvalue weighted by atomic mass is 16.6. The lowest BCUT2D eigenvalue weighted by Crippen LogP contribution is -2.54.